The van der Waals surface area contributed by atoms with Crippen molar-refractivity contribution in [1.82, 2.24) is 0 Å². The summed E-state index contributed by atoms with van der Waals surface area (Å²) in [7, 11) is 5.75. The molecule has 0 heterocycles. The number of carboxylic acids is 1. The lowest BCUT2D eigenvalue weighted by molar-refractivity contribution is -0.914. The highest BCUT2D eigenvalue weighted by Crippen LogP contribution is 2.30. The van der Waals surface area contributed by atoms with Crippen molar-refractivity contribution < 1.29 is 14.4 Å². The minimum atomic E-state index is -0.744. The van der Waals surface area contributed by atoms with Crippen LogP contribution in [-0.4, -0.2) is 42.2 Å². The summed E-state index contributed by atoms with van der Waals surface area (Å²) in [6.07, 6.45) is 1.14. The van der Waals surface area contributed by atoms with E-state index in [1.54, 1.807) is 0 Å². The average molecular weight is 200 g/mol. The van der Waals surface area contributed by atoms with Crippen LogP contribution in [0, 0.1) is 0 Å². The molecule has 0 aromatic carbocycles. The summed E-state index contributed by atoms with van der Waals surface area (Å²) in [5, 5.41) is 9.35. The van der Waals surface area contributed by atoms with Gasteiger partial charge >= 0.3 is 5.97 Å². The van der Waals surface area contributed by atoms with Crippen LogP contribution in [0.2, 0.25) is 0 Å². The molecule has 0 radical (unpaired) electrons. The average Bonchev–Trinajstić information content (AvgIpc) is 1.96. The fraction of sp³-hybridized carbons (Fsp3) is 0.727. The SMILES string of the molecule is C=C(C)CC(CC)(C(=O)O)[N+](C)(C)C. The second-order valence-electron chi connectivity index (χ2n) is 4.84. The van der Waals surface area contributed by atoms with Crippen LogP contribution in [0.25, 0.3) is 0 Å². The van der Waals surface area contributed by atoms with Crippen LogP contribution < -0.4 is 0 Å². The van der Waals surface area contributed by atoms with Gasteiger partial charge in [0.2, 0.25) is 0 Å². The van der Waals surface area contributed by atoms with E-state index in [2.05, 4.69) is 6.58 Å². The fourth-order valence-corrected chi connectivity index (χ4v) is 1.85. The molecule has 14 heavy (non-hydrogen) atoms. The van der Waals surface area contributed by atoms with Gasteiger partial charge in [-0.2, -0.15) is 0 Å². The monoisotopic (exact) mass is 200 g/mol. The van der Waals surface area contributed by atoms with Crippen molar-refractivity contribution in [2.24, 2.45) is 0 Å². The summed E-state index contributed by atoms with van der Waals surface area (Å²) in [5.41, 5.74) is 0.175. The first kappa shape index (κ1) is 13.2. The minimum Gasteiger partial charge on any atom is -0.477 e. The van der Waals surface area contributed by atoms with Gasteiger partial charge in [-0.25, -0.2) is 4.79 Å². The Bertz CT molecular complexity index is 240. The van der Waals surface area contributed by atoms with Crippen LogP contribution in [0.15, 0.2) is 12.2 Å². The third kappa shape index (κ3) is 2.35. The van der Waals surface area contributed by atoms with Gasteiger partial charge in [0.25, 0.3) is 0 Å². The van der Waals surface area contributed by atoms with Crippen molar-refractivity contribution >= 4 is 5.97 Å². The molecule has 0 bridgehead atoms. The van der Waals surface area contributed by atoms with Gasteiger partial charge in [-0.3, -0.25) is 0 Å². The second kappa shape index (κ2) is 4.13. The summed E-state index contributed by atoms with van der Waals surface area (Å²) >= 11 is 0. The zero-order valence-electron chi connectivity index (χ0n) is 9.92. The number of hydrogen-bond acceptors (Lipinski definition) is 1. The van der Waals surface area contributed by atoms with E-state index in [1.165, 1.54) is 0 Å². The minimum absolute atomic E-state index is 0.422. The summed E-state index contributed by atoms with van der Waals surface area (Å²) in [6.45, 7) is 7.61. The highest BCUT2D eigenvalue weighted by atomic mass is 16.4. The molecule has 0 aliphatic rings. The third-order valence-electron chi connectivity index (χ3n) is 2.86. The van der Waals surface area contributed by atoms with Gasteiger partial charge in [0.05, 0.1) is 21.1 Å². The maximum absolute atomic E-state index is 11.4. The fourth-order valence-electron chi connectivity index (χ4n) is 1.85. The first-order valence-electron chi connectivity index (χ1n) is 4.86. The van der Waals surface area contributed by atoms with E-state index >= 15 is 0 Å². The van der Waals surface area contributed by atoms with Crippen molar-refractivity contribution in [2.75, 3.05) is 21.1 Å². The molecule has 0 fully saturated rings. The Morgan fingerprint density at radius 1 is 1.43 bits per heavy atom. The molecular formula is C11H22NO2+. The van der Waals surface area contributed by atoms with Gasteiger partial charge in [-0.15, -0.1) is 0 Å². The van der Waals surface area contributed by atoms with E-state index in [4.69, 9.17) is 0 Å². The molecule has 0 aromatic rings. The predicted octanol–water partition coefficient (Wildman–Crippen LogP) is 1.89. The van der Waals surface area contributed by atoms with E-state index in [-0.39, 0.29) is 0 Å². The molecule has 3 heteroatoms. The normalized spacial score (nSPS) is 16.1. The Hall–Kier alpha value is -0.830. The number of nitrogens with zero attached hydrogens (tertiary/aromatic N) is 1. The largest absolute Gasteiger partial charge is 0.477 e. The third-order valence-corrected chi connectivity index (χ3v) is 2.86. The molecule has 0 aromatic heterocycles. The highest BCUT2D eigenvalue weighted by molar-refractivity contribution is 5.77. The first-order valence-corrected chi connectivity index (χ1v) is 4.86. The molecule has 1 N–H and O–H groups in total. The summed E-state index contributed by atoms with van der Waals surface area (Å²) in [5.74, 6) is -0.740. The molecule has 0 spiro atoms. The molecule has 1 unspecified atom stereocenters. The lowest BCUT2D eigenvalue weighted by Gasteiger charge is -2.42. The Kier molecular flexibility index (Phi) is 3.89. The van der Waals surface area contributed by atoms with E-state index in [9.17, 15) is 9.90 Å². The van der Waals surface area contributed by atoms with Crippen molar-refractivity contribution in [3.05, 3.63) is 12.2 Å². The number of aliphatic carboxylic acids is 1. The van der Waals surface area contributed by atoms with Crippen LogP contribution in [0.1, 0.15) is 26.7 Å². The molecule has 3 nitrogen and oxygen atoms in total. The number of quaternary nitrogens is 1. The van der Waals surface area contributed by atoms with Gasteiger partial charge < -0.3 is 9.59 Å². The number of carbonyl (C=O) groups is 1. The van der Waals surface area contributed by atoms with Crippen LogP contribution >= 0.6 is 0 Å². The topological polar surface area (TPSA) is 37.3 Å². The smallest absolute Gasteiger partial charge is 0.366 e. The predicted molar refractivity (Wildman–Crippen MR) is 58.1 cm³/mol. The van der Waals surface area contributed by atoms with Crippen molar-refractivity contribution in [1.29, 1.82) is 0 Å². The van der Waals surface area contributed by atoms with E-state index in [0.29, 0.717) is 17.3 Å². The summed E-state index contributed by atoms with van der Waals surface area (Å²) in [4.78, 5) is 11.4. The van der Waals surface area contributed by atoms with Gasteiger partial charge in [0.15, 0.2) is 5.54 Å². The number of hydrogen-bond donors (Lipinski definition) is 1. The Morgan fingerprint density at radius 3 is 1.93 bits per heavy atom. The quantitative estimate of drug-likeness (QED) is 0.543. The molecule has 0 aliphatic heterocycles. The molecular weight excluding hydrogens is 178 g/mol. The lowest BCUT2D eigenvalue weighted by atomic mass is 9.86. The Labute approximate surface area is 86.6 Å². The molecule has 0 saturated heterocycles. The van der Waals surface area contributed by atoms with Crippen LogP contribution in [0.5, 0.6) is 0 Å². The molecule has 0 aliphatic carbocycles. The molecule has 0 saturated carbocycles. The van der Waals surface area contributed by atoms with Crippen LogP contribution in [0.4, 0.5) is 0 Å². The Morgan fingerprint density at radius 2 is 1.86 bits per heavy atom. The standard InChI is InChI=1S/C11H21NO2/c1-7-11(10(13)14,8-9(2)3)12(4,5)6/h2,7-8H2,1,3-6H3/p+1. The molecule has 0 amide bonds. The van der Waals surface area contributed by atoms with E-state index in [0.717, 1.165) is 5.57 Å². The summed E-state index contributed by atoms with van der Waals surface area (Å²) < 4.78 is 0.422. The van der Waals surface area contributed by atoms with Crippen molar-refractivity contribution in [3.8, 4) is 0 Å². The maximum Gasteiger partial charge on any atom is 0.366 e. The first-order chi connectivity index (χ1) is 6.17. The lowest BCUT2D eigenvalue weighted by Crippen LogP contribution is -2.61. The van der Waals surface area contributed by atoms with Gasteiger partial charge in [0.1, 0.15) is 0 Å². The highest BCUT2D eigenvalue weighted by Gasteiger charge is 2.48. The number of likely N-dealkylation sites (N-methyl/N-ethyl adjacent to an activating group) is 1. The number of rotatable bonds is 5. The molecule has 82 valence electrons. The zero-order chi connectivity index (χ0) is 11.6. The zero-order valence-corrected chi connectivity index (χ0v) is 9.92. The maximum atomic E-state index is 11.4. The molecule has 1 atom stereocenters. The van der Waals surface area contributed by atoms with Gasteiger partial charge in [-0.05, 0) is 6.92 Å². The number of carboxylic acid groups (broad SMARTS) is 1. The van der Waals surface area contributed by atoms with Crippen molar-refractivity contribution in [2.45, 2.75) is 32.2 Å². The van der Waals surface area contributed by atoms with Gasteiger partial charge in [-0.1, -0.05) is 19.1 Å². The van der Waals surface area contributed by atoms with Crippen LogP contribution in [0.3, 0.4) is 0 Å². The summed E-state index contributed by atoms with van der Waals surface area (Å²) in [6, 6.07) is 0. The van der Waals surface area contributed by atoms with Gasteiger partial charge in [0, 0.05) is 12.8 Å². The van der Waals surface area contributed by atoms with E-state index < -0.39 is 11.5 Å². The van der Waals surface area contributed by atoms with E-state index in [1.807, 2.05) is 35.0 Å². The second-order valence-corrected chi connectivity index (χ2v) is 4.84. The van der Waals surface area contributed by atoms with Crippen LogP contribution in [-0.2, 0) is 4.79 Å². The molecule has 0 rings (SSSR count). The Balaban J connectivity index is 5.20. The van der Waals surface area contributed by atoms with Crippen molar-refractivity contribution in [3.63, 3.8) is 0 Å².